The molecule has 1 N–H and O–H groups in total. The van der Waals surface area contributed by atoms with E-state index in [1.165, 1.54) is 0 Å². The van der Waals surface area contributed by atoms with Gasteiger partial charge in [0.25, 0.3) is 0 Å². The third-order valence-corrected chi connectivity index (χ3v) is 9.02. The highest BCUT2D eigenvalue weighted by Crippen LogP contribution is 2.46. The van der Waals surface area contributed by atoms with Gasteiger partial charge < -0.3 is 14.4 Å². The van der Waals surface area contributed by atoms with Gasteiger partial charge in [-0.3, -0.25) is 9.36 Å². The summed E-state index contributed by atoms with van der Waals surface area (Å²) in [5.74, 6) is -0.123. The van der Waals surface area contributed by atoms with Crippen LogP contribution in [0.25, 0.3) is 21.8 Å². The summed E-state index contributed by atoms with van der Waals surface area (Å²) < 4.78 is 23.7. The molecule has 0 aliphatic rings. The maximum Gasteiger partial charge on any atom is 0.361 e. The lowest BCUT2D eigenvalue weighted by Gasteiger charge is -2.17. The van der Waals surface area contributed by atoms with Gasteiger partial charge in [0.1, 0.15) is 5.01 Å². The number of rotatable bonds is 11. The van der Waals surface area contributed by atoms with Crippen LogP contribution >= 0.6 is 30.5 Å². The van der Waals surface area contributed by atoms with Crippen molar-refractivity contribution in [1.82, 2.24) is 4.98 Å². The van der Waals surface area contributed by atoms with Gasteiger partial charge in [-0.1, -0.05) is 54.1 Å². The van der Waals surface area contributed by atoms with Crippen molar-refractivity contribution in [3.8, 4) is 21.8 Å². The Kier molecular flexibility index (Phi) is 9.30. The van der Waals surface area contributed by atoms with Gasteiger partial charge in [0, 0.05) is 33.1 Å². The standard InChI is InChI=1S/C28H28ClN2O4PS/c1-3-34-36(33,35-4-2)24-16-14-23(15-17-24)30-26(32)19-18-25-27(20-10-12-22(29)13-11-20)31-28(37-25)21-8-6-5-7-9-21/h5-17H,3-4,18-19H2,1-2H3,(H,30,32). The van der Waals surface area contributed by atoms with Crippen LogP contribution < -0.4 is 10.6 Å². The molecule has 0 spiro atoms. The Morgan fingerprint density at radius 2 is 1.57 bits per heavy atom. The Bertz CT molecular complexity index is 1370. The number of carbonyl (C=O) groups excluding carboxylic acids is 1. The van der Waals surface area contributed by atoms with E-state index < -0.39 is 7.60 Å². The molecule has 4 aromatic rings. The smallest absolute Gasteiger partial charge is 0.326 e. The van der Waals surface area contributed by atoms with Crippen molar-refractivity contribution in [3.63, 3.8) is 0 Å². The average molecular weight is 555 g/mol. The minimum Gasteiger partial charge on any atom is -0.326 e. The van der Waals surface area contributed by atoms with Crippen LogP contribution in [0.1, 0.15) is 25.1 Å². The first-order valence-electron chi connectivity index (χ1n) is 12.0. The van der Waals surface area contributed by atoms with Crippen LogP contribution in [0.5, 0.6) is 0 Å². The molecule has 0 bridgehead atoms. The highest BCUT2D eigenvalue weighted by Gasteiger charge is 2.26. The number of aromatic nitrogens is 1. The van der Waals surface area contributed by atoms with Crippen molar-refractivity contribution in [2.45, 2.75) is 26.7 Å². The van der Waals surface area contributed by atoms with Gasteiger partial charge in [-0.05, 0) is 56.7 Å². The molecular weight excluding hydrogens is 527 g/mol. The Balaban J connectivity index is 1.47. The number of aryl methyl sites for hydroxylation is 1. The highest BCUT2D eigenvalue weighted by molar-refractivity contribution is 7.62. The van der Waals surface area contributed by atoms with E-state index in [0.717, 1.165) is 26.7 Å². The van der Waals surface area contributed by atoms with E-state index in [0.29, 0.717) is 22.4 Å². The van der Waals surface area contributed by atoms with Gasteiger partial charge in [0.05, 0.1) is 24.2 Å². The van der Waals surface area contributed by atoms with Gasteiger partial charge in [-0.25, -0.2) is 4.98 Å². The lowest BCUT2D eigenvalue weighted by atomic mass is 10.1. The number of nitrogens with zero attached hydrogens (tertiary/aromatic N) is 1. The fraction of sp³-hybridized carbons (Fsp3) is 0.214. The number of anilines is 1. The molecule has 1 aromatic heterocycles. The molecule has 1 amide bonds. The van der Waals surface area contributed by atoms with E-state index in [1.54, 1.807) is 49.4 Å². The summed E-state index contributed by atoms with van der Waals surface area (Å²) in [6, 6.07) is 24.3. The van der Waals surface area contributed by atoms with E-state index >= 15 is 0 Å². The molecule has 0 saturated heterocycles. The molecular formula is C28H28ClN2O4PS. The zero-order valence-electron chi connectivity index (χ0n) is 20.6. The minimum absolute atomic E-state index is 0.123. The van der Waals surface area contributed by atoms with E-state index in [-0.39, 0.29) is 25.5 Å². The zero-order chi connectivity index (χ0) is 26.3. The van der Waals surface area contributed by atoms with E-state index in [4.69, 9.17) is 25.6 Å². The Hall–Kier alpha value is -2.80. The predicted octanol–water partition coefficient (Wildman–Crippen LogP) is 7.59. The second-order valence-corrected chi connectivity index (χ2v) is 11.6. The SMILES string of the molecule is CCOP(=O)(OCC)c1ccc(NC(=O)CCc2sc(-c3ccccc3)nc2-c2ccc(Cl)cc2)cc1. The Morgan fingerprint density at radius 3 is 2.19 bits per heavy atom. The third kappa shape index (κ3) is 6.95. The monoisotopic (exact) mass is 554 g/mol. The number of hydrogen-bond acceptors (Lipinski definition) is 6. The summed E-state index contributed by atoms with van der Waals surface area (Å²) in [5.41, 5.74) is 3.47. The lowest BCUT2D eigenvalue weighted by molar-refractivity contribution is -0.116. The maximum absolute atomic E-state index is 12.9. The molecule has 0 radical (unpaired) electrons. The van der Waals surface area contributed by atoms with Gasteiger partial charge in [0.2, 0.25) is 5.91 Å². The van der Waals surface area contributed by atoms with Gasteiger partial charge >= 0.3 is 7.60 Å². The minimum atomic E-state index is -3.37. The van der Waals surface area contributed by atoms with Crippen molar-refractivity contribution in [2.75, 3.05) is 18.5 Å². The summed E-state index contributed by atoms with van der Waals surface area (Å²) in [6.45, 7) is 4.09. The zero-order valence-corrected chi connectivity index (χ0v) is 23.1. The van der Waals surface area contributed by atoms with Crippen LogP contribution in [0, 0.1) is 0 Å². The molecule has 9 heteroatoms. The first kappa shape index (κ1) is 27.2. The Morgan fingerprint density at radius 1 is 0.919 bits per heavy atom. The molecule has 0 atom stereocenters. The quantitative estimate of drug-likeness (QED) is 0.193. The fourth-order valence-electron chi connectivity index (χ4n) is 3.76. The van der Waals surface area contributed by atoms with Crippen molar-refractivity contribution >= 4 is 47.4 Å². The normalized spacial score (nSPS) is 11.4. The second-order valence-electron chi connectivity index (χ2n) is 8.09. The molecule has 0 fully saturated rings. The van der Waals surface area contributed by atoms with E-state index in [2.05, 4.69) is 5.32 Å². The molecule has 4 rings (SSSR count). The Labute approximate surface area is 226 Å². The van der Waals surface area contributed by atoms with Gasteiger partial charge in [-0.15, -0.1) is 11.3 Å². The lowest BCUT2D eigenvalue weighted by Crippen LogP contribution is -2.14. The molecule has 3 aromatic carbocycles. The van der Waals surface area contributed by atoms with Crippen molar-refractivity contribution in [2.24, 2.45) is 0 Å². The van der Waals surface area contributed by atoms with Gasteiger partial charge in [0.15, 0.2) is 0 Å². The largest absolute Gasteiger partial charge is 0.361 e. The maximum atomic E-state index is 12.9. The first-order chi connectivity index (χ1) is 17.9. The summed E-state index contributed by atoms with van der Waals surface area (Å²) in [6.07, 6.45) is 0.825. The molecule has 0 aliphatic carbocycles. The number of benzene rings is 3. The fourth-order valence-corrected chi connectivity index (χ4v) is 6.54. The number of amides is 1. The number of carbonyl (C=O) groups is 1. The molecule has 0 unspecified atom stereocenters. The second kappa shape index (κ2) is 12.6. The first-order valence-corrected chi connectivity index (χ1v) is 14.8. The number of hydrogen-bond donors (Lipinski definition) is 1. The molecule has 192 valence electrons. The van der Waals surface area contributed by atoms with Gasteiger partial charge in [-0.2, -0.15) is 0 Å². The van der Waals surface area contributed by atoms with E-state index in [1.807, 2.05) is 54.6 Å². The van der Waals surface area contributed by atoms with Crippen molar-refractivity contribution in [3.05, 3.63) is 88.8 Å². The molecule has 0 saturated carbocycles. The summed E-state index contributed by atoms with van der Waals surface area (Å²) in [5, 5.41) is 4.94. The molecule has 37 heavy (non-hydrogen) atoms. The number of nitrogens with one attached hydrogen (secondary N) is 1. The van der Waals surface area contributed by atoms with Crippen LogP contribution in [-0.2, 0) is 24.8 Å². The molecule has 0 aliphatic heterocycles. The molecule has 6 nitrogen and oxygen atoms in total. The summed E-state index contributed by atoms with van der Waals surface area (Å²) >= 11 is 7.68. The third-order valence-electron chi connectivity index (χ3n) is 5.48. The number of thiazole rings is 1. The highest BCUT2D eigenvalue weighted by atomic mass is 35.5. The van der Waals surface area contributed by atoms with Crippen LogP contribution in [-0.4, -0.2) is 24.1 Å². The van der Waals surface area contributed by atoms with Crippen molar-refractivity contribution in [1.29, 1.82) is 0 Å². The van der Waals surface area contributed by atoms with Crippen LogP contribution in [0.3, 0.4) is 0 Å². The van der Waals surface area contributed by atoms with E-state index in [9.17, 15) is 9.36 Å². The predicted molar refractivity (Wildman–Crippen MR) is 152 cm³/mol. The molecule has 1 heterocycles. The number of halogens is 1. The van der Waals surface area contributed by atoms with Crippen LogP contribution in [0.2, 0.25) is 5.02 Å². The summed E-state index contributed by atoms with van der Waals surface area (Å²) in [4.78, 5) is 18.7. The average Bonchev–Trinajstić information content (AvgIpc) is 3.33. The van der Waals surface area contributed by atoms with Crippen LogP contribution in [0.4, 0.5) is 5.69 Å². The van der Waals surface area contributed by atoms with Crippen molar-refractivity contribution < 1.29 is 18.4 Å². The van der Waals surface area contributed by atoms with Crippen LogP contribution in [0.15, 0.2) is 78.9 Å². The summed E-state index contributed by atoms with van der Waals surface area (Å²) in [7, 11) is -3.37. The topological polar surface area (TPSA) is 77.5 Å².